The van der Waals surface area contributed by atoms with Crippen molar-refractivity contribution in [3.8, 4) is 0 Å². The van der Waals surface area contributed by atoms with Gasteiger partial charge >= 0.3 is 6.03 Å². The molecule has 0 aliphatic carbocycles. The van der Waals surface area contributed by atoms with Gasteiger partial charge in [0.15, 0.2) is 0 Å². The quantitative estimate of drug-likeness (QED) is 0.835. The number of nitrogens with zero attached hydrogens (tertiary/aromatic N) is 3. The molecule has 1 N–H and O–H groups in total. The molecule has 2 aromatic rings. The molecule has 0 spiro atoms. The lowest BCUT2D eigenvalue weighted by molar-refractivity contribution is 0.148. The number of hydrogen-bond donors (Lipinski definition) is 1. The van der Waals surface area contributed by atoms with Crippen LogP contribution in [-0.4, -0.2) is 61.6 Å². The lowest BCUT2D eigenvalue weighted by Gasteiger charge is -2.34. The van der Waals surface area contributed by atoms with E-state index in [4.69, 9.17) is 0 Å². The number of rotatable bonds is 5. The third kappa shape index (κ3) is 5.26. The molecule has 2 amide bonds. The summed E-state index contributed by atoms with van der Waals surface area (Å²) in [6, 6.07) is 14.8. The Labute approximate surface area is 172 Å². The van der Waals surface area contributed by atoms with Crippen LogP contribution >= 0.6 is 0 Å². The predicted molar refractivity (Wildman–Crippen MR) is 115 cm³/mol. The van der Waals surface area contributed by atoms with Crippen molar-refractivity contribution in [2.24, 2.45) is 0 Å². The normalized spacial score (nSPS) is 17.6. The number of nitrogens with one attached hydrogen (secondary N) is 1. The molecule has 154 valence electrons. The number of hydrogen-bond acceptors (Lipinski definition) is 3. The van der Waals surface area contributed by atoms with Crippen LogP contribution in [0.25, 0.3) is 0 Å². The summed E-state index contributed by atoms with van der Waals surface area (Å²) in [5.74, 6) is -0.195. The number of piperazine rings is 1. The fourth-order valence-corrected chi connectivity index (χ4v) is 4.05. The molecule has 29 heavy (non-hydrogen) atoms. The van der Waals surface area contributed by atoms with Crippen LogP contribution in [0, 0.1) is 5.82 Å². The second-order valence-electron chi connectivity index (χ2n) is 7.88. The monoisotopic (exact) mass is 396 g/mol. The predicted octanol–water partition coefficient (Wildman–Crippen LogP) is 3.82. The van der Waals surface area contributed by atoms with Gasteiger partial charge in [-0.2, -0.15) is 0 Å². The summed E-state index contributed by atoms with van der Waals surface area (Å²) in [4.78, 5) is 19.2. The van der Waals surface area contributed by atoms with Crippen molar-refractivity contribution >= 4 is 17.4 Å². The maximum absolute atomic E-state index is 13.0. The minimum Gasteiger partial charge on any atom is -0.372 e. The first-order chi connectivity index (χ1) is 14.2. The first-order valence-electron chi connectivity index (χ1n) is 10.6. The number of halogens is 1. The van der Waals surface area contributed by atoms with Crippen LogP contribution in [0.5, 0.6) is 0 Å². The van der Waals surface area contributed by atoms with E-state index in [2.05, 4.69) is 27.2 Å². The molecule has 0 unspecified atom stereocenters. The van der Waals surface area contributed by atoms with Gasteiger partial charge in [0.1, 0.15) is 5.82 Å². The average Bonchev–Trinajstić information content (AvgIpc) is 3.29. The molecular formula is C23H29FN4O. The summed E-state index contributed by atoms with van der Waals surface area (Å²) in [6.07, 6.45) is 3.42. The van der Waals surface area contributed by atoms with Crippen LogP contribution in [0.1, 0.15) is 18.4 Å². The van der Waals surface area contributed by atoms with Crippen LogP contribution in [0.3, 0.4) is 0 Å². The van der Waals surface area contributed by atoms with Crippen LogP contribution in [0.2, 0.25) is 0 Å². The van der Waals surface area contributed by atoms with Crippen molar-refractivity contribution in [3.05, 3.63) is 59.9 Å². The summed E-state index contributed by atoms with van der Waals surface area (Å²) >= 11 is 0. The van der Waals surface area contributed by atoms with Gasteiger partial charge < -0.3 is 15.1 Å². The summed E-state index contributed by atoms with van der Waals surface area (Å²) in [5.41, 5.74) is 3.22. The first-order valence-corrected chi connectivity index (χ1v) is 10.6. The van der Waals surface area contributed by atoms with E-state index in [1.54, 1.807) is 0 Å². The largest absolute Gasteiger partial charge is 0.372 e. The van der Waals surface area contributed by atoms with E-state index >= 15 is 0 Å². The molecule has 6 heteroatoms. The van der Waals surface area contributed by atoms with Gasteiger partial charge in [-0.1, -0.05) is 12.1 Å². The van der Waals surface area contributed by atoms with Gasteiger partial charge in [-0.25, -0.2) is 9.18 Å². The molecule has 2 heterocycles. The average molecular weight is 397 g/mol. The van der Waals surface area contributed by atoms with Gasteiger partial charge in [0.2, 0.25) is 0 Å². The maximum Gasteiger partial charge on any atom is 0.321 e. The van der Waals surface area contributed by atoms with Crippen molar-refractivity contribution in [1.29, 1.82) is 0 Å². The smallest absolute Gasteiger partial charge is 0.321 e. The number of amides is 2. The minimum atomic E-state index is -0.195. The maximum atomic E-state index is 13.0. The van der Waals surface area contributed by atoms with E-state index < -0.39 is 0 Å². The molecule has 5 nitrogen and oxygen atoms in total. The first kappa shape index (κ1) is 19.7. The molecule has 0 aromatic heterocycles. The van der Waals surface area contributed by atoms with Crippen molar-refractivity contribution in [3.63, 3.8) is 0 Å². The zero-order valence-electron chi connectivity index (χ0n) is 16.8. The standard InChI is InChI=1S/C23H29FN4O/c24-20-5-3-19(4-6-20)11-14-26-15-17-28(18-16-26)23(29)25-21-7-9-22(10-8-21)27-12-1-2-13-27/h3-10H,1-2,11-18H2,(H,25,29). The summed E-state index contributed by atoms with van der Waals surface area (Å²) < 4.78 is 13.0. The molecule has 0 radical (unpaired) electrons. The molecule has 2 fully saturated rings. The number of urea groups is 1. The van der Waals surface area contributed by atoms with Gasteiger partial charge in [-0.05, 0) is 61.2 Å². The highest BCUT2D eigenvalue weighted by Crippen LogP contribution is 2.22. The molecule has 2 saturated heterocycles. The Morgan fingerprint density at radius 1 is 0.862 bits per heavy atom. The zero-order chi connectivity index (χ0) is 20.1. The third-order valence-corrected chi connectivity index (χ3v) is 5.88. The van der Waals surface area contributed by atoms with E-state index in [0.29, 0.717) is 0 Å². The van der Waals surface area contributed by atoms with Crippen LogP contribution in [-0.2, 0) is 6.42 Å². The molecule has 0 saturated carbocycles. The molecule has 4 rings (SSSR count). The lowest BCUT2D eigenvalue weighted by Crippen LogP contribution is -2.50. The number of carbonyl (C=O) groups is 1. The van der Waals surface area contributed by atoms with E-state index in [1.807, 2.05) is 29.2 Å². The van der Waals surface area contributed by atoms with E-state index in [-0.39, 0.29) is 11.8 Å². The topological polar surface area (TPSA) is 38.8 Å². The van der Waals surface area contributed by atoms with Crippen LogP contribution in [0.4, 0.5) is 20.6 Å². The highest BCUT2D eigenvalue weighted by molar-refractivity contribution is 5.89. The van der Waals surface area contributed by atoms with E-state index in [1.165, 1.54) is 30.7 Å². The number of carbonyl (C=O) groups excluding carboxylic acids is 1. The van der Waals surface area contributed by atoms with Crippen LogP contribution < -0.4 is 10.2 Å². The van der Waals surface area contributed by atoms with Gasteiger partial charge in [0.25, 0.3) is 0 Å². The zero-order valence-corrected chi connectivity index (χ0v) is 16.8. The van der Waals surface area contributed by atoms with Crippen LogP contribution in [0.15, 0.2) is 48.5 Å². The SMILES string of the molecule is O=C(Nc1ccc(N2CCCC2)cc1)N1CCN(CCc2ccc(F)cc2)CC1. The highest BCUT2D eigenvalue weighted by Gasteiger charge is 2.21. The molecular weight excluding hydrogens is 367 g/mol. The van der Waals surface area contributed by atoms with Gasteiger partial charge in [0.05, 0.1) is 0 Å². The molecule has 2 aliphatic heterocycles. The number of anilines is 2. The lowest BCUT2D eigenvalue weighted by atomic mass is 10.1. The second-order valence-corrected chi connectivity index (χ2v) is 7.88. The summed E-state index contributed by atoms with van der Waals surface area (Å²) in [6.45, 7) is 6.35. The van der Waals surface area contributed by atoms with Crippen molar-refractivity contribution in [1.82, 2.24) is 9.80 Å². The Kier molecular flexibility index (Phi) is 6.30. The van der Waals surface area contributed by atoms with E-state index in [0.717, 1.165) is 63.5 Å². The Balaban J connectivity index is 1.21. The van der Waals surface area contributed by atoms with Crippen molar-refractivity contribution < 1.29 is 9.18 Å². The van der Waals surface area contributed by atoms with Crippen molar-refractivity contribution in [2.45, 2.75) is 19.3 Å². The fourth-order valence-electron chi connectivity index (χ4n) is 4.05. The van der Waals surface area contributed by atoms with Gasteiger partial charge in [-0.15, -0.1) is 0 Å². The second kappa shape index (κ2) is 9.27. The molecule has 0 bridgehead atoms. The van der Waals surface area contributed by atoms with Gasteiger partial charge in [0, 0.05) is 57.2 Å². The van der Waals surface area contributed by atoms with Crippen molar-refractivity contribution in [2.75, 3.05) is 56.0 Å². The fraction of sp³-hybridized carbons (Fsp3) is 0.435. The minimum absolute atomic E-state index is 0.0305. The summed E-state index contributed by atoms with van der Waals surface area (Å²) in [7, 11) is 0. The molecule has 0 atom stereocenters. The molecule has 2 aromatic carbocycles. The Bertz CT molecular complexity index is 795. The highest BCUT2D eigenvalue weighted by atomic mass is 19.1. The third-order valence-electron chi connectivity index (χ3n) is 5.88. The Morgan fingerprint density at radius 3 is 2.17 bits per heavy atom. The number of benzene rings is 2. The van der Waals surface area contributed by atoms with E-state index in [9.17, 15) is 9.18 Å². The van der Waals surface area contributed by atoms with Gasteiger partial charge in [-0.3, -0.25) is 4.90 Å². The summed E-state index contributed by atoms with van der Waals surface area (Å²) in [5, 5.41) is 3.02. The Morgan fingerprint density at radius 2 is 1.52 bits per heavy atom. The molecule has 2 aliphatic rings. The Hall–Kier alpha value is -2.60.